The Morgan fingerprint density at radius 1 is 0.905 bits per heavy atom. The summed E-state index contributed by atoms with van der Waals surface area (Å²) in [6, 6.07) is 27.3. The molecule has 1 fully saturated rings. The number of hydrogen-bond acceptors (Lipinski definition) is 4. The molecule has 2 aliphatic heterocycles. The molecule has 4 aromatic carbocycles. The Morgan fingerprint density at radius 3 is 2.38 bits per heavy atom. The highest BCUT2D eigenvalue weighted by Crippen LogP contribution is 2.43. The number of fused-ring (bicyclic) bond motifs is 1. The quantitative estimate of drug-likeness (QED) is 0.224. The van der Waals surface area contributed by atoms with E-state index < -0.39 is 0 Å². The molecular formula is C34H29ClFN3O2S. The predicted octanol–water partition coefficient (Wildman–Crippen LogP) is 7.43. The molecule has 212 valence electrons. The van der Waals surface area contributed by atoms with E-state index in [-0.39, 0.29) is 24.2 Å². The molecule has 0 saturated carbocycles. The van der Waals surface area contributed by atoms with Gasteiger partial charge < -0.3 is 14.7 Å². The molecule has 2 amide bonds. The number of hydrogen-bond donors (Lipinski definition) is 0. The normalized spacial score (nSPS) is 16.1. The van der Waals surface area contributed by atoms with Gasteiger partial charge in [0.05, 0.1) is 17.1 Å². The molecule has 0 aliphatic carbocycles. The number of nitrogens with zero attached hydrogens (tertiary/aromatic N) is 3. The van der Waals surface area contributed by atoms with Crippen LogP contribution in [0.25, 0.3) is 6.08 Å². The summed E-state index contributed by atoms with van der Waals surface area (Å²) in [6.07, 6.45) is 1.88. The van der Waals surface area contributed by atoms with Gasteiger partial charge in [0.1, 0.15) is 5.82 Å². The van der Waals surface area contributed by atoms with Crippen molar-refractivity contribution in [3.05, 3.63) is 129 Å². The zero-order chi connectivity index (χ0) is 29.2. The maximum atomic E-state index is 13.8. The van der Waals surface area contributed by atoms with Crippen LogP contribution in [0.15, 0.2) is 101 Å². The van der Waals surface area contributed by atoms with Crippen LogP contribution in [0.5, 0.6) is 0 Å². The number of halogens is 2. The fourth-order valence-electron chi connectivity index (χ4n) is 5.33. The molecule has 0 aromatic heterocycles. The summed E-state index contributed by atoms with van der Waals surface area (Å²) in [4.78, 5) is 34.8. The van der Waals surface area contributed by atoms with E-state index in [2.05, 4.69) is 11.8 Å². The van der Waals surface area contributed by atoms with E-state index in [1.165, 1.54) is 23.9 Å². The number of thioether (sulfide) groups is 1. The van der Waals surface area contributed by atoms with E-state index in [9.17, 15) is 14.0 Å². The Labute approximate surface area is 254 Å². The van der Waals surface area contributed by atoms with Crippen LogP contribution in [0.1, 0.15) is 27.0 Å². The summed E-state index contributed by atoms with van der Waals surface area (Å²) < 4.78 is 13.6. The van der Waals surface area contributed by atoms with Crippen molar-refractivity contribution in [1.82, 2.24) is 4.90 Å². The van der Waals surface area contributed by atoms with Crippen LogP contribution < -0.4 is 9.80 Å². The third-order valence-electron chi connectivity index (χ3n) is 7.60. The molecule has 0 N–H and O–H groups in total. The van der Waals surface area contributed by atoms with Crippen LogP contribution in [0.3, 0.4) is 0 Å². The zero-order valence-corrected chi connectivity index (χ0v) is 24.7. The largest absolute Gasteiger partial charge is 0.368 e. The van der Waals surface area contributed by atoms with Gasteiger partial charge in [-0.2, -0.15) is 0 Å². The van der Waals surface area contributed by atoms with Gasteiger partial charge in [0.25, 0.3) is 11.8 Å². The molecule has 8 heteroatoms. The van der Waals surface area contributed by atoms with E-state index >= 15 is 0 Å². The smallest absolute Gasteiger partial charge is 0.265 e. The van der Waals surface area contributed by atoms with Gasteiger partial charge in [-0.1, -0.05) is 71.9 Å². The van der Waals surface area contributed by atoms with Crippen LogP contribution in [-0.4, -0.2) is 42.9 Å². The van der Waals surface area contributed by atoms with Crippen molar-refractivity contribution in [2.24, 2.45) is 0 Å². The number of piperazine rings is 1. The Morgan fingerprint density at radius 2 is 1.64 bits per heavy atom. The summed E-state index contributed by atoms with van der Waals surface area (Å²) in [6.45, 7) is 4.90. The first-order chi connectivity index (χ1) is 20.4. The summed E-state index contributed by atoms with van der Waals surface area (Å²) in [5.41, 5.74) is 5.18. The monoisotopic (exact) mass is 597 g/mol. The van der Waals surface area contributed by atoms with Crippen LogP contribution in [0.4, 0.5) is 15.8 Å². The van der Waals surface area contributed by atoms with E-state index in [1.54, 1.807) is 17.0 Å². The number of carbonyl (C=O) groups excluding carboxylic acids is 2. The highest BCUT2D eigenvalue weighted by molar-refractivity contribution is 8.04. The van der Waals surface area contributed by atoms with Gasteiger partial charge in [-0.15, -0.1) is 0 Å². The van der Waals surface area contributed by atoms with Crippen molar-refractivity contribution in [1.29, 1.82) is 0 Å². The molecule has 5 nitrogen and oxygen atoms in total. The molecule has 0 radical (unpaired) electrons. The summed E-state index contributed by atoms with van der Waals surface area (Å²) in [5.74, 6) is -0.552. The van der Waals surface area contributed by atoms with Crippen molar-refractivity contribution in [2.75, 3.05) is 36.0 Å². The SMILES string of the molecule is Cc1ccc(Cl)cc1N1CCN(C(=O)c2ccc3c(c2)N(Cc2ccc(F)cc2)C(=O)/C(=C/c2ccccc2)S3)CC1. The van der Waals surface area contributed by atoms with Gasteiger partial charge in [-0.3, -0.25) is 9.59 Å². The van der Waals surface area contributed by atoms with Crippen LogP contribution in [0.2, 0.25) is 5.02 Å². The third kappa shape index (κ3) is 5.94. The Hall–Kier alpha value is -4.07. The van der Waals surface area contributed by atoms with Gasteiger partial charge in [-0.25, -0.2) is 4.39 Å². The summed E-state index contributed by atoms with van der Waals surface area (Å²) >= 11 is 7.64. The van der Waals surface area contributed by atoms with Crippen molar-refractivity contribution < 1.29 is 14.0 Å². The second-order valence-electron chi connectivity index (χ2n) is 10.4. The maximum absolute atomic E-state index is 13.8. The highest BCUT2D eigenvalue weighted by Gasteiger charge is 2.31. The molecule has 4 aromatic rings. The molecule has 6 rings (SSSR count). The first-order valence-electron chi connectivity index (χ1n) is 13.8. The average Bonchev–Trinajstić information content (AvgIpc) is 3.01. The fraction of sp³-hybridized carbons (Fsp3) is 0.176. The first-order valence-corrected chi connectivity index (χ1v) is 15.0. The number of benzene rings is 4. The molecular weight excluding hydrogens is 569 g/mol. The lowest BCUT2D eigenvalue weighted by Crippen LogP contribution is -2.49. The van der Waals surface area contributed by atoms with Gasteiger partial charge in [-0.05, 0) is 72.2 Å². The molecule has 2 aliphatic rings. The molecule has 0 unspecified atom stereocenters. The van der Waals surface area contributed by atoms with E-state index in [1.807, 2.05) is 77.7 Å². The minimum absolute atomic E-state index is 0.0647. The minimum atomic E-state index is -0.331. The van der Waals surface area contributed by atoms with Gasteiger partial charge in [0.2, 0.25) is 0 Å². The van der Waals surface area contributed by atoms with Crippen molar-refractivity contribution in [2.45, 2.75) is 18.4 Å². The molecule has 42 heavy (non-hydrogen) atoms. The number of carbonyl (C=O) groups is 2. The summed E-state index contributed by atoms with van der Waals surface area (Å²) in [5, 5.41) is 0.697. The number of anilines is 2. The van der Waals surface area contributed by atoms with Crippen molar-refractivity contribution in [3.8, 4) is 0 Å². The number of aryl methyl sites for hydroxylation is 1. The Kier molecular flexibility index (Phi) is 8.05. The van der Waals surface area contributed by atoms with Crippen LogP contribution >= 0.6 is 23.4 Å². The highest BCUT2D eigenvalue weighted by atomic mass is 35.5. The van der Waals surface area contributed by atoms with Crippen molar-refractivity contribution in [3.63, 3.8) is 0 Å². The van der Waals surface area contributed by atoms with Crippen LogP contribution in [0, 0.1) is 12.7 Å². The standard InChI is InChI=1S/C34H29ClFN3O2S/c1-23-7-11-27(35)21-29(23)37-15-17-38(18-16-37)33(40)26-10-14-31-30(20-26)39(22-25-8-12-28(36)13-9-25)34(41)32(42-31)19-24-5-3-2-4-6-24/h2-14,19-21H,15-18,22H2,1H3/b32-19-. The van der Waals surface area contributed by atoms with Crippen molar-refractivity contribution >= 4 is 52.6 Å². The molecule has 0 atom stereocenters. The molecule has 1 saturated heterocycles. The van der Waals surface area contributed by atoms with E-state index in [4.69, 9.17) is 11.6 Å². The number of amides is 2. The Bertz CT molecular complexity index is 1670. The topological polar surface area (TPSA) is 43.9 Å². The second-order valence-corrected chi connectivity index (χ2v) is 12.0. The third-order valence-corrected chi connectivity index (χ3v) is 8.92. The van der Waals surface area contributed by atoms with Gasteiger partial charge >= 0.3 is 0 Å². The lowest BCUT2D eigenvalue weighted by molar-refractivity contribution is -0.114. The molecule has 2 heterocycles. The minimum Gasteiger partial charge on any atom is -0.368 e. The fourth-order valence-corrected chi connectivity index (χ4v) is 6.54. The Balaban J connectivity index is 1.26. The molecule has 0 bridgehead atoms. The van der Waals surface area contributed by atoms with Crippen LogP contribution in [-0.2, 0) is 11.3 Å². The average molecular weight is 598 g/mol. The van der Waals surface area contributed by atoms with E-state index in [0.717, 1.165) is 27.3 Å². The molecule has 0 spiro atoms. The first kappa shape index (κ1) is 28.1. The lowest BCUT2D eigenvalue weighted by Gasteiger charge is -2.37. The number of rotatable bonds is 5. The zero-order valence-electron chi connectivity index (χ0n) is 23.1. The van der Waals surface area contributed by atoms with Gasteiger partial charge in [0.15, 0.2) is 0 Å². The lowest BCUT2D eigenvalue weighted by atomic mass is 10.1. The van der Waals surface area contributed by atoms with Gasteiger partial charge in [0, 0.05) is 47.3 Å². The van der Waals surface area contributed by atoms with E-state index in [0.29, 0.717) is 47.4 Å². The predicted molar refractivity (Wildman–Crippen MR) is 169 cm³/mol. The summed E-state index contributed by atoms with van der Waals surface area (Å²) in [7, 11) is 0. The second kappa shape index (κ2) is 12.0. The maximum Gasteiger partial charge on any atom is 0.265 e.